The molecule has 1 aliphatic carbocycles. The molecular formula is C16H24F2O2. The summed E-state index contributed by atoms with van der Waals surface area (Å²) in [6, 6.07) is 6.07. The zero-order chi connectivity index (χ0) is 15.2. The maximum Gasteiger partial charge on any atom is 0.407 e. The Labute approximate surface area is 119 Å². The molecule has 114 valence electrons. The van der Waals surface area contributed by atoms with Gasteiger partial charge in [0, 0.05) is 0 Å². The molecule has 4 heteroatoms. The number of benzene rings is 1. The van der Waals surface area contributed by atoms with Crippen LogP contribution in [0.1, 0.15) is 63.5 Å². The van der Waals surface area contributed by atoms with Gasteiger partial charge in [-0.05, 0) is 42.4 Å². The summed E-state index contributed by atoms with van der Waals surface area (Å²) in [6.07, 6.45) is 1.01. The molecule has 1 aliphatic rings. The van der Waals surface area contributed by atoms with Gasteiger partial charge in [0.25, 0.3) is 0 Å². The third-order valence-corrected chi connectivity index (χ3v) is 3.85. The number of halogens is 2. The molecule has 0 spiro atoms. The van der Waals surface area contributed by atoms with Crippen molar-refractivity contribution in [2.45, 2.75) is 58.5 Å². The van der Waals surface area contributed by atoms with E-state index in [1.807, 2.05) is 13.8 Å². The molecule has 20 heavy (non-hydrogen) atoms. The molecular weight excluding hydrogens is 262 g/mol. The fourth-order valence-corrected chi connectivity index (χ4v) is 2.60. The summed E-state index contributed by atoms with van der Waals surface area (Å²) >= 11 is 0. The molecule has 0 aliphatic heterocycles. The smallest absolute Gasteiger partial charge is 0.246 e. The Hall–Kier alpha value is -1.00. The summed E-state index contributed by atoms with van der Waals surface area (Å²) < 4.78 is 26.1. The van der Waals surface area contributed by atoms with Crippen LogP contribution in [0.2, 0.25) is 0 Å². The standard InChI is InChI=1S/C14H18F2O2.C2H6/c1-10-2-4-11(5-3-10)12-6-8-13(9-7-12)14(15,16)18-17;1-2/h6-11,17H,2-5H2,1H3;1-2H3. The van der Waals surface area contributed by atoms with Crippen LogP contribution in [0.4, 0.5) is 8.78 Å². The van der Waals surface area contributed by atoms with Gasteiger partial charge in [0.15, 0.2) is 0 Å². The van der Waals surface area contributed by atoms with Gasteiger partial charge in [-0.2, -0.15) is 13.7 Å². The molecule has 1 aromatic rings. The minimum absolute atomic E-state index is 0.321. The Balaban J connectivity index is 0.000000956. The van der Waals surface area contributed by atoms with Crippen LogP contribution >= 0.6 is 0 Å². The van der Waals surface area contributed by atoms with Gasteiger partial charge >= 0.3 is 6.11 Å². The van der Waals surface area contributed by atoms with Gasteiger partial charge in [-0.3, -0.25) is 0 Å². The maximum atomic E-state index is 13.0. The number of rotatable bonds is 3. The van der Waals surface area contributed by atoms with Crippen molar-refractivity contribution in [2.24, 2.45) is 5.92 Å². The Kier molecular flexibility index (Phi) is 6.56. The lowest BCUT2D eigenvalue weighted by Crippen LogP contribution is -2.16. The molecule has 1 N–H and O–H groups in total. The van der Waals surface area contributed by atoms with Gasteiger partial charge in [-0.25, -0.2) is 5.26 Å². The molecule has 0 heterocycles. The van der Waals surface area contributed by atoms with Crippen molar-refractivity contribution in [3.63, 3.8) is 0 Å². The van der Waals surface area contributed by atoms with Gasteiger partial charge in [-0.1, -0.05) is 45.7 Å². The van der Waals surface area contributed by atoms with Crippen LogP contribution in [0.25, 0.3) is 0 Å². The zero-order valence-corrected chi connectivity index (χ0v) is 12.4. The van der Waals surface area contributed by atoms with Gasteiger partial charge in [-0.15, -0.1) is 0 Å². The Morgan fingerprint density at radius 2 is 1.55 bits per heavy atom. The largest absolute Gasteiger partial charge is 0.407 e. The molecule has 0 aromatic heterocycles. The summed E-state index contributed by atoms with van der Waals surface area (Å²) in [5.41, 5.74) is 0.775. The van der Waals surface area contributed by atoms with E-state index in [1.54, 1.807) is 12.1 Å². The van der Waals surface area contributed by atoms with Crippen LogP contribution in [-0.2, 0) is 11.0 Å². The molecule has 1 fully saturated rings. The van der Waals surface area contributed by atoms with E-state index in [2.05, 4.69) is 11.8 Å². The lowest BCUT2D eigenvalue weighted by molar-refractivity contribution is -0.423. The van der Waals surface area contributed by atoms with E-state index in [-0.39, 0.29) is 5.56 Å². The highest BCUT2D eigenvalue weighted by Gasteiger charge is 2.33. The van der Waals surface area contributed by atoms with Crippen molar-refractivity contribution in [3.8, 4) is 0 Å². The normalized spacial score (nSPS) is 22.9. The van der Waals surface area contributed by atoms with Gasteiger partial charge in [0.05, 0.1) is 5.56 Å². The predicted molar refractivity (Wildman–Crippen MR) is 75.8 cm³/mol. The average molecular weight is 286 g/mol. The lowest BCUT2D eigenvalue weighted by Gasteiger charge is -2.26. The van der Waals surface area contributed by atoms with Gasteiger partial charge < -0.3 is 0 Å². The highest BCUT2D eigenvalue weighted by atomic mass is 19.3. The van der Waals surface area contributed by atoms with Crippen molar-refractivity contribution >= 4 is 0 Å². The van der Waals surface area contributed by atoms with E-state index in [9.17, 15) is 8.78 Å². The van der Waals surface area contributed by atoms with Crippen LogP contribution in [0, 0.1) is 5.92 Å². The number of hydrogen-bond acceptors (Lipinski definition) is 2. The minimum Gasteiger partial charge on any atom is -0.246 e. The molecule has 2 rings (SSSR count). The third-order valence-electron chi connectivity index (χ3n) is 3.85. The quantitative estimate of drug-likeness (QED) is 0.583. The Morgan fingerprint density at radius 3 is 2.00 bits per heavy atom. The minimum atomic E-state index is -3.63. The van der Waals surface area contributed by atoms with Crippen LogP contribution in [0.3, 0.4) is 0 Å². The number of alkyl halides is 2. The third kappa shape index (κ3) is 4.25. The first-order chi connectivity index (χ1) is 9.53. The monoisotopic (exact) mass is 286 g/mol. The van der Waals surface area contributed by atoms with Crippen LogP contribution in [0.5, 0.6) is 0 Å². The van der Waals surface area contributed by atoms with E-state index in [1.165, 1.54) is 25.0 Å². The van der Waals surface area contributed by atoms with Crippen molar-refractivity contribution < 1.29 is 18.9 Å². The van der Waals surface area contributed by atoms with Crippen molar-refractivity contribution in [1.29, 1.82) is 0 Å². The van der Waals surface area contributed by atoms with E-state index in [4.69, 9.17) is 5.26 Å². The fraction of sp³-hybridized carbons (Fsp3) is 0.625. The van der Waals surface area contributed by atoms with Crippen molar-refractivity contribution in [1.82, 2.24) is 0 Å². The summed E-state index contributed by atoms with van der Waals surface area (Å²) in [5.74, 6) is 1.24. The predicted octanol–water partition coefficient (Wildman–Crippen LogP) is 5.55. The summed E-state index contributed by atoms with van der Waals surface area (Å²) in [6.45, 7) is 6.25. The van der Waals surface area contributed by atoms with Crippen LogP contribution in [0.15, 0.2) is 24.3 Å². The van der Waals surface area contributed by atoms with Crippen LogP contribution < -0.4 is 0 Å². The van der Waals surface area contributed by atoms with Gasteiger partial charge in [0.1, 0.15) is 0 Å². The van der Waals surface area contributed by atoms with E-state index < -0.39 is 6.11 Å². The second kappa shape index (κ2) is 7.70. The van der Waals surface area contributed by atoms with Gasteiger partial charge in [0.2, 0.25) is 0 Å². The second-order valence-electron chi connectivity index (χ2n) is 5.19. The molecule has 2 nitrogen and oxygen atoms in total. The van der Waals surface area contributed by atoms with Crippen molar-refractivity contribution in [3.05, 3.63) is 35.4 Å². The lowest BCUT2D eigenvalue weighted by atomic mass is 9.79. The molecule has 1 aromatic carbocycles. The SMILES string of the molecule is CC.CC1CCC(c2ccc(C(F)(F)OO)cc2)CC1. The number of hydrogen-bond donors (Lipinski definition) is 1. The molecule has 1 saturated carbocycles. The second-order valence-corrected chi connectivity index (χ2v) is 5.19. The van der Waals surface area contributed by atoms with Crippen LogP contribution in [-0.4, -0.2) is 5.26 Å². The molecule has 0 saturated heterocycles. The first-order valence-corrected chi connectivity index (χ1v) is 7.34. The van der Waals surface area contributed by atoms with E-state index >= 15 is 0 Å². The molecule has 0 amide bonds. The van der Waals surface area contributed by atoms with E-state index in [0.717, 1.165) is 24.3 Å². The average Bonchev–Trinajstić information content (AvgIpc) is 2.50. The first kappa shape index (κ1) is 17.1. The zero-order valence-electron chi connectivity index (χ0n) is 12.4. The summed E-state index contributed by atoms with van der Waals surface area (Å²) in [7, 11) is 0. The maximum absolute atomic E-state index is 13.0. The fourth-order valence-electron chi connectivity index (χ4n) is 2.60. The summed E-state index contributed by atoms with van der Waals surface area (Å²) in [5, 5.41) is 8.14. The van der Waals surface area contributed by atoms with E-state index in [0.29, 0.717) is 5.92 Å². The molecule has 0 bridgehead atoms. The molecule has 0 unspecified atom stereocenters. The highest BCUT2D eigenvalue weighted by Crippen LogP contribution is 2.36. The Bertz CT molecular complexity index is 382. The first-order valence-electron chi connectivity index (χ1n) is 7.34. The molecule has 0 atom stereocenters. The van der Waals surface area contributed by atoms with Crippen molar-refractivity contribution in [2.75, 3.05) is 0 Å². The topological polar surface area (TPSA) is 29.5 Å². The molecule has 0 radical (unpaired) electrons. The highest BCUT2D eigenvalue weighted by molar-refractivity contribution is 5.27. The summed E-state index contributed by atoms with van der Waals surface area (Å²) in [4.78, 5) is 3.19. The Morgan fingerprint density at radius 1 is 1.05 bits per heavy atom.